The Balaban J connectivity index is 2.04. The average molecular weight is 402 g/mol. The van der Waals surface area contributed by atoms with E-state index in [9.17, 15) is 8.42 Å². The molecule has 3 aromatic rings. The van der Waals surface area contributed by atoms with E-state index in [0.29, 0.717) is 16.5 Å². The number of halogens is 1. The maximum atomic E-state index is 13.3. The van der Waals surface area contributed by atoms with E-state index in [1.807, 2.05) is 31.2 Å². The molecule has 0 bridgehead atoms. The molecule has 27 heavy (non-hydrogen) atoms. The highest BCUT2D eigenvalue weighted by molar-refractivity contribution is 7.92. The van der Waals surface area contributed by atoms with E-state index in [1.54, 1.807) is 43.5 Å². The number of sulfonamides is 1. The van der Waals surface area contributed by atoms with E-state index in [1.165, 1.54) is 16.4 Å². The molecule has 0 aliphatic rings. The molecule has 140 valence electrons. The van der Waals surface area contributed by atoms with E-state index in [-0.39, 0.29) is 11.4 Å². The zero-order valence-corrected chi connectivity index (χ0v) is 16.7. The van der Waals surface area contributed by atoms with E-state index in [0.717, 1.165) is 11.1 Å². The number of benzene rings is 3. The number of methoxy groups -OCH3 is 1. The number of rotatable bonds is 6. The maximum absolute atomic E-state index is 13.3. The number of hydrogen-bond acceptors (Lipinski definition) is 3. The third-order valence-corrected chi connectivity index (χ3v) is 6.25. The van der Waals surface area contributed by atoms with E-state index in [4.69, 9.17) is 16.3 Å². The summed E-state index contributed by atoms with van der Waals surface area (Å²) in [6.07, 6.45) is 0. The van der Waals surface area contributed by atoms with Crippen molar-refractivity contribution in [2.75, 3.05) is 11.4 Å². The predicted octanol–water partition coefficient (Wildman–Crippen LogP) is 5.05. The first kappa shape index (κ1) is 19.3. The largest absolute Gasteiger partial charge is 0.497 e. The lowest BCUT2D eigenvalue weighted by molar-refractivity contribution is 0.415. The van der Waals surface area contributed by atoms with Gasteiger partial charge < -0.3 is 4.74 Å². The summed E-state index contributed by atoms with van der Waals surface area (Å²) in [6, 6.07) is 21.0. The smallest absolute Gasteiger partial charge is 0.264 e. The van der Waals surface area contributed by atoms with Gasteiger partial charge in [-0.3, -0.25) is 4.31 Å². The van der Waals surface area contributed by atoms with Crippen LogP contribution < -0.4 is 9.04 Å². The lowest BCUT2D eigenvalue weighted by Gasteiger charge is -2.25. The molecule has 0 heterocycles. The molecule has 3 aromatic carbocycles. The van der Waals surface area contributed by atoms with Gasteiger partial charge >= 0.3 is 0 Å². The molecule has 0 spiro atoms. The second-order valence-electron chi connectivity index (χ2n) is 6.15. The fourth-order valence-electron chi connectivity index (χ4n) is 2.66. The SMILES string of the molecule is COc1ccc(N(Cc2ccc(C)cc2)S(=O)(=O)c2ccc(Cl)cc2)cc1. The normalized spacial score (nSPS) is 11.2. The second-order valence-corrected chi connectivity index (χ2v) is 8.45. The zero-order chi connectivity index (χ0) is 19.4. The molecular formula is C21H20ClNO3S. The van der Waals surface area contributed by atoms with Gasteiger partial charge in [0.15, 0.2) is 0 Å². The molecule has 0 unspecified atom stereocenters. The van der Waals surface area contributed by atoms with Crippen LogP contribution in [-0.2, 0) is 16.6 Å². The van der Waals surface area contributed by atoms with Crippen LogP contribution in [0.5, 0.6) is 5.75 Å². The van der Waals surface area contributed by atoms with Crippen LogP contribution in [0, 0.1) is 6.92 Å². The quantitative estimate of drug-likeness (QED) is 0.580. The summed E-state index contributed by atoms with van der Waals surface area (Å²) >= 11 is 5.91. The number of ether oxygens (including phenoxy) is 1. The van der Waals surface area contributed by atoms with Gasteiger partial charge in [-0.2, -0.15) is 0 Å². The van der Waals surface area contributed by atoms with Crippen LogP contribution in [0.3, 0.4) is 0 Å². The van der Waals surface area contributed by atoms with Gasteiger partial charge in [-0.25, -0.2) is 8.42 Å². The van der Waals surface area contributed by atoms with Crippen LogP contribution in [0.4, 0.5) is 5.69 Å². The molecular weight excluding hydrogens is 382 g/mol. The molecule has 0 N–H and O–H groups in total. The average Bonchev–Trinajstić information content (AvgIpc) is 2.68. The van der Waals surface area contributed by atoms with Crippen LogP contribution >= 0.6 is 11.6 Å². The van der Waals surface area contributed by atoms with Crippen molar-refractivity contribution in [3.05, 3.63) is 88.9 Å². The summed E-state index contributed by atoms with van der Waals surface area (Å²) < 4.78 is 33.2. The standard InChI is InChI=1S/C21H20ClNO3S/c1-16-3-5-17(6-4-16)15-23(19-9-11-20(26-2)12-10-19)27(24,25)21-13-7-18(22)8-14-21/h3-14H,15H2,1-2H3. The van der Waals surface area contributed by atoms with E-state index < -0.39 is 10.0 Å². The molecule has 0 atom stereocenters. The Morgan fingerprint density at radius 3 is 2.04 bits per heavy atom. The Kier molecular flexibility index (Phi) is 5.73. The minimum atomic E-state index is -3.76. The summed E-state index contributed by atoms with van der Waals surface area (Å²) in [4.78, 5) is 0.190. The van der Waals surface area contributed by atoms with Crippen molar-refractivity contribution in [1.29, 1.82) is 0 Å². The van der Waals surface area contributed by atoms with Gasteiger partial charge in [-0.15, -0.1) is 0 Å². The van der Waals surface area contributed by atoms with Crippen LogP contribution in [0.15, 0.2) is 77.7 Å². The lowest BCUT2D eigenvalue weighted by atomic mass is 10.1. The Morgan fingerprint density at radius 2 is 1.48 bits per heavy atom. The first-order valence-electron chi connectivity index (χ1n) is 8.38. The molecule has 0 fully saturated rings. The number of aryl methyl sites for hydroxylation is 1. The van der Waals surface area contributed by atoms with Gasteiger partial charge in [-0.05, 0) is 61.0 Å². The Hall–Kier alpha value is -2.50. The topological polar surface area (TPSA) is 46.6 Å². The molecule has 4 nitrogen and oxygen atoms in total. The van der Waals surface area contributed by atoms with Crippen LogP contribution in [-0.4, -0.2) is 15.5 Å². The molecule has 3 rings (SSSR count). The van der Waals surface area contributed by atoms with Crippen molar-refractivity contribution in [3.63, 3.8) is 0 Å². The molecule has 6 heteroatoms. The van der Waals surface area contributed by atoms with Crippen molar-refractivity contribution in [2.45, 2.75) is 18.4 Å². The van der Waals surface area contributed by atoms with E-state index in [2.05, 4.69) is 0 Å². The van der Waals surface area contributed by atoms with Crippen LogP contribution in [0.1, 0.15) is 11.1 Å². The third kappa shape index (κ3) is 4.43. The van der Waals surface area contributed by atoms with Crippen molar-refractivity contribution in [1.82, 2.24) is 0 Å². The van der Waals surface area contributed by atoms with Crippen molar-refractivity contribution >= 4 is 27.3 Å². The van der Waals surface area contributed by atoms with Crippen molar-refractivity contribution < 1.29 is 13.2 Å². The molecule has 0 saturated carbocycles. The highest BCUT2D eigenvalue weighted by Crippen LogP contribution is 2.28. The van der Waals surface area contributed by atoms with Crippen LogP contribution in [0.25, 0.3) is 0 Å². The Morgan fingerprint density at radius 1 is 0.889 bits per heavy atom. The predicted molar refractivity (Wildman–Crippen MR) is 109 cm³/mol. The Bertz CT molecular complexity index is 999. The molecule has 0 amide bonds. The minimum Gasteiger partial charge on any atom is -0.497 e. The number of nitrogens with zero attached hydrogens (tertiary/aromatic N) is 1. The van der Waals surface area contributed by atoms with E-state index >= 15 is 0 Å². The van der Waals surface area contributed by atoms with Gasteiger partial charge in [0.05, 0.1) is 24.2 Å². The third-order valence-electron chi connectivity index (χ3n) is 4.21. The highest BCUT2D eigenvalue weighted by Gasteiger charge is 2.25. The summed E-state index contributed by atoms with van der Waals surface area (Å²) in [7, 11) is -2.19. The minimum absolute atomic E-state index is 0.190. The van der Waals surface area contributed by atoms with Gasteiger partial charge in [0.1, 0.15) is 5.75 Å². The van der Waals surface area contributed by atoms with Crippen LogP contribution in [0.2, 0.25) is 5.02 Å². The first-order chi connectivity index (χ1) is 12.9. The number of anilines is 1. The van der Waals surface area contributed by atoms with Gasteiger partial charge in [0.25, 0.3) is 10.0 Å². The van der Waals surface area contributed by atoms with Gasteiger partial charge in [0.2, 0.25) is 0 Å². The monoisotopic (exact) mass is 401 g/mol. The fraction of sp³-hybridized carbons (Fsp3) is 0.143. The first-order valence-corrected chi connectivity index (χ1v) is 10.2. The molecule has 0 radical (unpaired) electrons. The van der Waals surface area contributed by atoms with Crippen molar-refractivity contribution in [3.8, 4) is 5.75 Å². The molecule has 0 aliphatic carbocycles. The fourth-order valence-corrected chi connectivity index (χ4v) is 4.24. The second kappa shape index (κ2) is 8.03. The summed E-state index contributed by atoms with van der Waals surface area (Å²) in [5.41, 5.74) is 2.58. The zero-order valence-electron chi connectivity index (χ0n) is 15.1. The van der Waals surface area contributed by atoms with Crippen molar-refractivity contribution in [2.24, 2.45) is 0 Å². The number of hydrogen-bond donors (Lipinski definition) is 0. The maximum Gasteiger partial charge on any atom is 0.264 e. The highest BCUT2D eigenvalue weighted by atomic mass is 35.5. The van der Waals surface area contributed by atoms with Gasteiger partial charge in [0, 0.05) is 5.02 Å². The summed E-state index contributed by atoms with van der Waals surface area (Å²) in [5, 5.41) is 0.489. The summed E-state index contributed by atoms with van der Waals surface area (Å²) in [5.74, 6) is 0.665. The lowest BCUT2D eigenvalue weighted by Crippen LogP contribution is -2.30. The Labute approximate surface area is 165 Å². The molecule has 0 saturated heterocycles. The molecule has 0 aliphatic heterocycles. The molecule has 0 aromatic heterocycles. The van der Waals surface area contributed by atoms with Gasteiger partial charge in [-0.1, -0.05) is 41.4 Å². The summed E-state index contributed by atoms with van der Waals surface area (Å²) in [6.45, 7) is 2.22.